The van der Waals surface area contributed by atoms with Gasteiger partial charge in [-0.15, -0.1) is 0 Å². The van der Waals surface area contributed by atoms with Gasteiger partial charge in [0.25, 0.3) is 0 Å². The van der Waals surface area contributed by atoms with Crippen LogP contribution in [0.15, 0.2) is 0 Å². The maximum Gasteiger partial charge on any atom is 0.201 e. The summed E-state index contributed by atoms with van der Waals surface area (Å²) >= 11 is 0. The van der Waals surface area contributed by atoms with Crippen molar-refractivity contribution in [3.8, 4) is 0 Å². The first-order chi connectivity index (χ1) is 5.04. The molecule has 1 fully saturated rings. The molecule has 1 nitrogen and oxygen atoms in total. The van der Waals surface area contributed by atoms with Crippen molar-refractivity contribution in [2.24, 2.45) is 17.8 Å². The van der Waals surface area contributed by atoms with Gasteiger partial charge in [0.15, 0.2) is 0 Å². The molecule has 1 aliphatic rings. The number of halogens is 1. The van der Waals surface area contributed by atoms with Crippen LogP contribution in [0.1, 0.15) is 27.7 Å². The number of ether oxygens (including phenoxy) is 1. The fourth-order valence-electron chi connectivity index (χ4n) is 1.60. The van der Waals surface area contributed by atoms with Crippen LogP contribution < -0.4 is 0 Å². The van der Waals surface area contributed by atoms with Crippen molar-refractivity contribution in [3.63, 3.8) is 0 Å². The summed E-state index contributed by atoms with van der Waals surface area (Å²) in [5, 5.41) is 0. The molecule has 0 radical (unpaired) electrons. The summed E-state index contributed by atoms with van der Waals surface area (Å²) in [4.78, 5) is 0. The maximum absolute atomic E-state index is 13.0. The summed E-state index contributed by atoms with van der Waals surface area (Å²) in [6, 6.07) is 0. The molecule has 0 saturated carbocycles. The van der Waals surface area contributed by atoms with Crippen LogP contribution in [0.5, 0.6) is 0 Å². The lowest BCUT2D eigenvalue weighted by Gasteiger charge is -2.38. The van der Waals surface area contributed by atoms with Crippen LogP contribution >= 0.6 is 0 Å². The topological polar surface area (TPSA) is 9.23 Å². The first kappa shape index (κ1) is 8.98. The van der Waals surface area contributed by atoms with Gasteiger partial charge >= 0.3 is 0 Å². The van der Waals surface area contributed by atoms with E-state index in [1.807, 2.05) is 13.8 Å². The van der Waals surface area contributed by atoms with Crippen molar-refractivity contribution >= 4 is 0 Å². The Hall–Kier alpha value is -0.110. The summed E-state index contributed by atoms with van der Waals surface area (Å²) < 4.78 is 18.1. The standard InChI is InChI=1S/C9H17FO/c1-5-6(2)8(4)11-9(10)7(5)3/h5-9H,1-4H3/t5?,6-,7?,8?,9?/m0/s1. The fraction of sp³-hybridized carbons (Fsp3) is 1.00. The van der Waals surface area contributed by atoms with Gasteiger partial charge in [0.1, 0.15) is 0 Å². The molecule has 11 heavy (non-hydrogen) atoms. The van der Waals surface area contributed by atoms with Crippen LogP contribution in [0.2, 0.25) is 0 Å². The normalized spacial score (nSPS) is 52.6. The third-order valence-corrected chi connectivity index (χ3v) is 3.16. The first-order valence-corrected chi connectivity index (χ1v) is 4.33. The predicted octanol–water partition coefficient (Wildman–Crippen LogP) is 2.61. The Morgan fingerprint density at radius 1 is 0.909 bits per heavy atom. The number of rotatable bonds is 0. The van der Waals surface area contributed by atoms with Crippen LogP contribution in [0.4, 0.5) is 4.39 Å². The maximum atomic E-state index is 13.0. The second-order valence-corrected chi connectivity index (χ2v) is 3.77. The van der Waals surface area contributed by atoms with Gasteiger partial charge in [-0.05, 0) is 18.8 Å². The van der Waals surface area contributed by atoms with Crippen molar-refractivity contribution in [2.45, 2.75) is 40.2 Å². The number of hydrogen-bond acceptors (Lipinski definition) is 1. The summed E-state index contributed by atoms with van der Waals surface area (Å²) in [6.45, 7) is 8.08. The zero-order chi connectivity index (χ0) is 8.59. The number of hydrogen-bond donors (Lipinski definition) is 0. The molecule has 1 rings (SSSR count). The molecular weight excluding hydrogens is 143 g/mol. The molecule has 0 amide bonds. The molecule has 4 unspecified atom stereocenters. The second kappa shape index (κ2) is 3.10. The van der Waals surface area contributed by atoms with E-state index in [0.29, 0.717) is 11.8 Å². The van der Waals surface area contributed by atoms with Gasteiger partial charge in [-0.2, -0.15) is 0 Å². The minimum absolute atomic E-state index is 0.0428. The lowest BCUT2D eigenvalue weighted by molar-refractivity contribution is -0.181. The highest BCUT2D eigenvalue weighted by Crippen LogP contribution is 2.34. The van der Waals surface area contributed by atoms with Gasteiger partial charge in [-0.25, -0.2) is 4.39 Å². The molecule has 0 aromatic heterocycles. The zero-order valence-electron chi connectivity index (χ0n) is 7.67. The van der Waals surface area contributed by atoms with Crippen LogP contribution in [-0.4, -0.2) is 12.5 Å². The van der Waals surface area contributed by atoms with E-state index in [0.717, 1.165) is 0 Å². The van der Waals surface area contributed by atoms with Crippen molar-refractivity contribution in [2.75, 3.05) is 0 Å². The quantitative estimate of drug-likeness (QED) is 0.529. The van der Waals surface area contributed by atoms with Crippen LogP contribution in [0.25, 0.3) is 0 Å². The number of alkyl halides is 1. The second-order valence-electron chi connectivity index (χ2n) is 3.77. The molecule has 0 bridgehead atoms. The highest BCUT2D eigenvalue weighted by atomic mass is 19.1. The zero-order valence-corrected chi connectivity index (χ0v) is 7.67. The van der Waals surface area contributed by atoms with Gasteiger partial charge in [-0.1, -0.05) is 20.8 Å². The van der Waals surface area contributed by atoms with E-state index in [-0.39, 0.29) is 12.0 Å². The summed E-state index contributed by atoms with van der Waals surface area (Å²) in [6.07, 6.45) is -0.993. The molecule has 0 spiro atoms. The van der Waals surface area contributed by atoms with Crippen molar-refractivity contribution < 1.29 is 9.13 Å². The van der Waals surface area contributed by atoms with Gasteiger partial charge in [-0.3, -0.25) is 0 Å². The van der Waals surface area contributed by atoms with E-state index >= 15 is 0 Å². The molecule has 0 aliphatic carbocycles. The van der Waals surface area contributed by atoms with Gasteiger partial charge in [0.05, 0.1) is 6.10 Å². The third kappa shape index (κ3) is 1.56. The molecular formula is C9H17FO. The fourth-order valence-corrected chi connectivity index (χ4v) is 1.60. The van der Waals surface area contributed by atoms with Gasteiger partial charge in [0.2, 0.25) is 6.36 Å². The first-order valence-electron chi connectivity index (χ1n) is 4.33. The molecule has 5 atom stereocenters. The van der Waals surface area contributed by atoms with Crippen LogP contribution in [0, 0.1) is 17.8 Å². The molecule has 0 N–H and O–H groups in total. The SMILES string of the molecule is CC1C(F)OC(C)[C@@H](C)C1C. The van der Waals surface area contributed by atoms with Crippen LogP contribution in [-0.2, 0) is 4.74 Å². The Balaban J connectivity index is 2.63. The van der Waals surface area contributed by atoms with Gasteiger partial charge < -0.3 is 4.74 Å². The summed E-state index contributed by atoms with van der Waals surface area (Å²) in [5.74, 6) is 0.937. The smallest absolute Gasteiger partial charge is 0.201 e. The van der Waals surface area contributed by atoms with Crippen molar-refractivity contribution in [3.05, 3.63) is 0 Å². The van der Waals surface area contributed by atoms with Crippen molar-refractivity contribution in [1.82, 2.24) is 0 Å². The van der Waals surface area contributed by atoms with E-state index in [9.17, 15) is 4.39 Å². The minimum atomic E-state index is -1.06. The summed E-state index contributed by atoms with van der Waals surface area (Å²) in [5.41, 5.74) is 0. The van der Waals surface area contributed by atoms with E-state index in [4.69, 9.17) is 4.74 Å². The van der Waals surface area contributed by atoms with E-state index < -0.39 is 6.36 Å². The van der Waals surface area contributed by atoms with E-state index in [2.05, 4.69) is 13.8 Å². The largest absolute Gasteiger partial charge is 0.345 e. The van der Waals surface area contributed by atoms with Crippen molar-refractivity contribution in [1.29, 1.82) is 0 Å². The summed E-state index contributed by atoms with van der Waals surface area (Å²) in [7, 11) is 0. The molecule has 66 valence electrons. The highest BCUT2D eigenvalue weighted by molar-refractivity contribution is 4.79. The Labute approximate surface area is 67.9 Å². The van der Waals surface area contributed by atoms with E-state index in [1.54, 1.807) is 0 Å². The molecule has 1 aliphatic heterocycles. The molecule has 2 heteroatoms. The molecule has 1 saturated heterocycles. The lowest BCUT2D eigenvalue weighted by atomic mass is 9.80. The molecule has 0 aromatic carbocycles. The Morgan fingerprint density at radius 2 is 1.45 bits per heavy atom. The Bertz CT molecular complexity index is 124. The highest BCUT2D eigenvalue weighted by Gasteiger charge is 2.36. The van der Waals surface area contributed by atoms with E-state index in [1.165, 1.54) is 0 Å². The minimum Gasteiger partial charge on any atom is -0.345 e. The van der Waals surface area contributed by atoms with Gasteiger partial charge in [0, 0.05) is 5.92 Å². The molecule has 0 aromatic rings. The van der Waals surface area contributed by atoms with Crippen LogP contribution in [0.3, 0.4) is 0 Å². The Morgan fingerprint density at radius 3 is 2.00 bits per heavy atom. The molecule has 1 heterocycles. The Kier molecular flexibility index (Phi) is 2.53. The monoisotopic (exact) mass is 160 g/mol. The average molecular weight is 160 g/mol. The average Bonchev–Trinajstić information content (AvgIpc) is 1.97. The third-order valence-electron chi connectivity index (χ3n) is 3.16. The predicted molar refractivity (Wildman–Crippen MR) is 42.9 cm³/mol. The lowest BCUT2D eigenvalue weighted by Crippen LogP contribution is -2.41.